The van der Waals surface area contributed by atoms with Gasteiger partial charge < -0.3 is 10.5 Å². The van der Waals surface area contributed by atoms with Gasteiger partial charge in [0.05, 0.1) is 16.7 Å². The number of aromatic nitrogens is 2. The monoisotopic (exact) mass is 271 g/mol. The standard InChI is InChI=1S/C11H11Cl2N3O/c12-8-2-1-3-9(13)11(8)17-5-4-7-6-10(14)16-15-7/h1-3,6H,4-5H2,(H3,14,15,16). The van der Waals surface area contributed by atoms with E-state index in [1.807, 2.05) is 0 Å². The first-order valence-corrected chi connectivity index (χ1v) is 5.79. The number of nitrogens with zero attached hydrogens (tertiary/aromatic N) is 1. The normalized spacial score (nSPS) is 10.5. The van der Waals surface area contributed by atoms with Gasteiger partial charge in [-0.05, 0) is 12.1 Å². The number of hydrogen-bond donors (Lipinski definition) is 2. The highest BCUT2D eigenvalue weighted by molar-refractivity contribution is 6.37. The van der Waals surface area contributed by atoms with Gasteiger partial charge in [0, 0.05) is 18.2 Å². The average Bonchev–Trinajstić information content (AvgIpc) is 2.69. The topological polar surface area (TPSA) is 63.9 Å². The molecule has 0 spiro atoms. The summed E-state index contributed by atoms with van der Waals surface area (Å²) in [6, 6.07) is 7.00. The Morgan fingerprint density at radius 2 is 2.00 bits per heavy atom. The number of H-pyrrole nitrogens is 1. The fraction of sp³-hybridized carbons (Fsp3) is 0.182. The van der Waals surface area contributed by atoms with Crippen molar-refractivity contribution in [2.45, 2.75) is 6.42 Å². The number of benzene rings is 1. The van der Waals surface area contributed by atoms with E-state index in [9.17, 15) is 0 Å². The smallest absolute Gasteiger partial charge is 0.156 e. The molecule has 0 saturated heterocycles. The molecule has 0 fully saturated rings. The highest BCUT2D eigenvalue weighted by Gasteiger charge is 2.06. The molecular weight excluding hydrogens is 261 g/mol. The summed E-state index contributed by atoms with van der Waals surface area (Å²) in [6.45, 7) is 0.449. The number of anilines is 1. The molecule has 1 heterocycles. The molecule has 0 aliphatic carbocycles. The Kier molecular flexibility index (Phi) is 3.76. The van der Waals surface area contributed by atoms with Crippen molar-refractivity contribution < 1.29 is 4.74 Å². The van der Waals surface area contributed by atoms with E-state index in [1.54, 1.807) is 24.3 Å². The van der Waals surface area contributed by atoms with Crippen LogP contribution in [0.25, 0.3) is 0 Å². The molecule has 2 rings (SSSR count). The summed E-state index contributed by atoms with van der Waals surface area (Å²) in [6.07, 6.45) is 0.658. The average molecular weight is 272 g/mol. The molecule has 4 nitrogen and oxygen atoms in total. The predicted octanol–water partition coefficient (Wildman–Crippen LogP) is 2.92. The molecule has 0 atom stereocenters. The van der Waals surface area contributed by atoms with Crippen molar-refractivity contribution in [2.24, 2.45) is 0 Å². The second-order valence-corrected chi connectivity index (χ2v) is 4.28. The molecule has 0 radical (unpaired) electrons. The molecule has 6 heteroatoms. The molecule has 17 heavy (non-hydrogen) atoms. The number of rotatable bonds is 4. The Balaban J connectivity index is 1.94. The lowest BCUT2D eigenvalue weighted by Gasteiger charge is -2.08. The maximum absolute atomic E-state index is 5.97. The quantitative estimate of drug-likeness (QED) is 0.899. The number of para-hydroxylation sites is 1. The number of nitrogen functional groups attached to an aromatic ring is 1. The van der Waals surface area contributed by atoms with Crippen molar-refractivity contribution in [1.29, 1.82) is 0 Å². The fourth-order valence-corrected chi connectivity index (χ4v) is 1.90. The van der Waals surface area contributed by atoms with Crippen LogP contribution in [0.4, 0.5) is 5.82 Å². The lowest BCUT2D eigenvalue weighted by atomic mass is 10.3. The first kappa shape index (κ1) is 12.1. The minimum atomic E-state index is 0.449. The molecule has 3 N–H and O–H groups in total. The van der Waals surface area contributed by atoms with Crippen LogP contribution in [-0.4, -0.2) is 16.8 Å². The van der Waals surface area contributed by atoms with E-state index >= 15 is 0 Å². The molecule has 0 amide bonds. The van der Waals surface area contributed by atoms with Crippen LogP contribution in [0.15, 0.2) is 24.3 Å². The number of halogens is 2. The van der Waals surface area contributed by atoms with E-state index in [0.717, 1.165) is 5.69 Å². The summed E-state index contributed by atoms with van der Waals surface area (Å²) in [5.74, 6) is 0.971. The maximum Gasteiger partial charge on any atom is 0.156 e. The number of hydrogen-bond acceptors (Lipinski definition) is 3. The number of nitrogens with one attached hydrogen (secondary N) is 1. The van der Waals surface area contributed by atoms with E-state index in [0.29, 0.717) is 34.6 Å². The summed E-state index contributed by atoms with van der Waals surface area (Å²) in [5, 5.41) is 7.63. The summed E-state index contributed by atoms with van der Waals surface area (Å²) in [5.41, 5.74) is 6.39. The summed E-state index contributed by atoms with van der Waals surface area (Å²) >= 11 is 11.9. The second kappa shape index (κ2) is 5.29. The van der Waals surface area contributed by atoms with Crippen LogP contribution in [0, 0.1) is 0 Å². The number of nitrogens with two attached hydrogens (primary N) is 1. The third kappa shape index (κ3) is 3.05. The first-order chi connectivity index (χ1) is 8.16. The Labute approximate surface area is 109 Å². The van der Waals surface area contributed by atoms with Gasteiger partial charge in [0.25, 0.3) is 0 Å². The van der Waals surface area contributed by atoms with Crippen molar-refractivity contribution in [1.82, 2.24) is 10.2 Å². The molecule has 0 saturated carbocycles. The zero-order chi connectivity index (χ0) is 12.3. The van der Waals surface area contributed by atoms with Gasteiger partial charge in [-0.25, -0.2) is 0 Å². The van der Waals surface area contributed by atoms with E-state index < -0.39 is 0 Å². The first-order valence-electron chi connectivity index (χ1n) is 5.03. The molecule has 0 bridgehead atoms. The Morgan fingerprint density at radius 1 is 1.29 bits per heavy atom. The third-order valence-corrected chi connectivity index (χ3v) is 2.78. The van der Waals surface area contributed by atoms with Crippen LogP contribution in [0.5, 0.6) is 5.75 Å². The number of aromatic amines is 1. The van der Waals surface area contributed by atoms with Gasteiger partial charge in [-0.2, -0.15) is 5.10 Å². The van der Waals surface area contributed by atoms with Crippen molar-refractivity contribution >= 4 is 29.0 Å². The molecule has 0 aliphatic heterocycles. The molecule has 1 aromatic carbocycles. The lowest BCUT2D eigenvalue weighted by molar-refractivity contribution is 0.321. The fourth-order valence-electron chi connectivity index (χ4n) is 1.39. The largest absolute Gasteiger partial charge is 0.490 e. The summed E-state index contributed by atoms with van der Waals surface area (Å²) in [7, 11) is 0. The van der Waals surface area contributed by atoms with E-state index in [-0.39, 0.29) is 0 Å². The van der Waals surface area contributed by atoms with Gasteiger partial charge in [0.15, 0.2) is 5.75 Å². The maximum atomic E-state index is 5.97. The zero-order valence-corrected chi connectivity index (χ0v) is 10.4. The van der Waals surface area contributed by atoms with Crippen LogP contribution >= 0.6 is 23.2 Å². The number of ether oxygens (including phenoxy) is 1. The van der Waals surface area contributed by atoms with Gasteiger partial charge in [-0.3, -0.25) is 5.10 Å². The molecule has 0 aliphatic rings. The molecule has 1 aromatic heterocycles. The van der Waals surface area contributed by atoms with Gasteiger partial charge >= 0.3 is 0 Å². The summed E-state index contributed by atoms with van der Waals surface area (Å²) < 4.78 is 5.53. The zero-order valence-electron chi connectivity index (χ0n) is 8.91. The van der Waals surface area contributed by atoms with Crippen LogP contribution in [0.1, 0.15) is 5.69 Å². The highest BCUT2D eigenvalue weighted by atomic mass is 35.5. The van der Waals surface area contributed by atoms with Crippen LogP contribution < -0.4 is 10.5 Å². The van der Waals surface area contributed by atoms with Crippen molar-refractivity contribution in [3.8, 4) is 5.75 Å². The van der Waals surface area contributed by atoms with Gasteiger partial charge in [0.1, 0.15) is 5.82 Å². The van der Waals surface area contributed by atoms with Crippen LogP contribution in [0.2, 0.25) is 10.0 Å². The Morgan fingerprint density at radius 3 is 2.59 bits per heavy atom. The van der Waals surface area contributed by atoms with E-state index in [2.05, 4.69) is 10.2 Å². The minimum Gasteiger partial charge on any atom is -0.490 e. The SMILES string of the molecule is Nc1cc(CCOc2c(Cl)cccc2Cl)[nH]n1. The minimum absolute atomic E-state index is 0.449. The third-order valence-electron chi connectivity index (χ3n) is 2.19. The van der Waals surface area contributed by atoms with E-state index in [4.69, 9.17) is 33.7 Å². The van der Waals surface area contributed by atoms with Gasteiger partial charge in [-0.15, -0.1) is 0 Å². The summed E-state index contributed by atoms with van der Waals surface area (Å²) in [4.78, 5) is 0. The highest BCUT2D eigenvalue weighted by Crippen LogP contribution is 2.32. The van der Waals surface area contributed by atoms with Gasteiger partial charge in [0.2, 0.25) is 0 Å². The molecule has 0 unspecified atom stereocenters. The van der Waals surface area contributed by atoms with E-state index in [1.165, 1.54) is 0 Å². The second-order valence-electron chi connectivity index (χ2n) is 3.47. The lowest BCUT2D eigenvalue weighted by Crippen LogP contribution is -2.02. The predicted molar refractivity (Wildman–Crippen MR) is 68.7 cm³/mol. The Hall–Kier alpha value is -1.39. The molecular formula is C11H11Cl2N3O. The molecule has 2 aromatic rings. The Bertz CT molecular complexity index is 493. The van der Waals surface area contributed by atoms with Crippen LogP contribution in [0.3, 0.4) is 0 Å². The van der Waals surface area contributed by atoms with Crippen molar-refractivity contribution in [3.05, 3.63) is 40.0 Å². The molecule has 90 valence electrons. The van der Waals surface area contributed by atoms with Crippen LogP contribution in [-0.2, 0) is 6.42 Å². The van der Waals surface area contributed by atoms with Gasteiger partial charge in [-0.1, -0.05) is 29.3 Å². The van der Waals surface area contributed by atoms with Crippen molar-refractivity contribution in [3.63, 3.8) is 0 Å². The van der Waals surface area contributed by atoms with Crippen molar-refractivity contribution in [2.75, 3.05) is 12.3 Å².